The van der Waals surface area contributed by atoms with Gasteiger partial charge in [0.25, 0.3) is 0 Å². The molecule has 0 saturated carbocycles. The van der Waals surface area contributed by atoms with Crippen LogP contribution in [0.2, 0.25) is 0 Å². The van der Waals surface area contributed by atoms with E-state index in [1.54, 1.807) is 0 Å². The summed E-state index contributed by atoms with van der Waals surface area (Å²) in [6.07, 6.45) is 2.24. The van der Waals surface area contributed by atoms with E-state index >= 15 is 0 Å². The molecule has 1 aromatic rings. The van der Waals surface area contributed by atoms with E-state index in [0.717, 1.165) is 12.8 Å². The summed E-state index contributed by atoms with van der Waals surface area (Å²) in [4.78, 5) is 12.4. The smallest absolute Gasteiger partial charge is 0.223 e. The summed E-state index contributed by atoms with van der Waals surface area (Å²) in [5.41, 5.74) is 5.61. The van der Waals surface area contributed by atoms with Crippen molar-refractivity contribution in [3.63, 3.8) is 0 Å². The third kappa shape index (κ3) is 2.91. The third-order valence-electron chi connectivity index (χ3n) is 2.79. The predicted molar refractivity (Wildman–Crippen MR) is 64.2 cm³/mol. The summed E-state index contributed by atoms with van der Waals surface area (Å²) in [5.74, 6) is 1.58. The fourth-order valence-electron chi connectivity index (χ4n) is 1.97. The Kier molecular flexibility index (Phi) is 3.28. The molecule has 2 heterocycles. The molecule has 0 amide bonds. The monoisotopic (exact) mass is 256 g/mol. The highest BCUT2D eigenvalue weighted by molar-refractivity contribution is 7.91. The van der Waals surface area contributed by atoms with E-state index in [0.29, 0.717) is 18.1 Å². The minimum absolute atomic E-state index is 0.124. The van der Waals surface area contributed by atoms with E-state index in [2.05, 4.69) is 15.0 Å². The molecule has 1 saturated heterocycles. The molecule has 7 heteroatoms. The summed E-state index contributed by atoms with van der Waals surface area (Å²) in [6, 6.07) is 0. The number of rotatable bonds is 3. The van der Waals surface area contributed by atoms with E-state index < -0.39 is 9.84 Å². The number of sulfone groups is 1. The maximum absolute atomic E-state index is 11.4. The van der Waals surface area contributed by atoms with E-state index in [1.165, 1.54) is 0 Å². The standard InChI is InChI=1S/C10H16N4O2S/c1-2-3-8-12-9(14-10(11)13-8)7-4-5-17(15,16)6-7/h7H,2-6H2,1H3,(H2,11,12,13,14). The van der Waals surface area contributed by atoms with E-state index in [4.69, 9.17) is 5.73 Å². The first-order valence-corrected chi connectivity index (χ1v) is 7.53. The minimum Gasteiger partial charge on any atom is -0.368 e. The highest BCUT2D eigenvalue weighted by Crippen LogP contribution is 2.26. The van der Waals surface area contributed by atoms with Crippen LogP contribution in [0.5, 0.6) is 0 Å². The zero-order valence-electron chi connectivity index (χ0n) is 9.76. The Morgan fingerprint density at radius 1 is 1.35 bits per heavy atom. The molecule has 0 bridgehead atoms. The number of aryl methyl sites for hydroxylation is 1. The van der Waals surface area contributed by atoms with Crippen LogP contribution in [0.1, 0.15) is 37.3 Å². The summed E-state index contributed by atoms with van der Waals surface area (Å²) in [5, 5.41) is 0. The molecule has 1 atom stereocenters. The second kappa shape index (κ2) is 4.56. The van der Waals surface area contributed by atoms with Gasteiger partial charge in [-0.1, -0.05) is 6.92 Å². The second-order valence-corrected chi connectivity index (χ2v) is 6.55. The lowest BCUT2D eigenvalue weighted by atomic mass is 10.1. The van der Waals surface area contributed by atoms with Crippen LogP contribution in [-0.4, -0.2) is 34.9 Å². The van der Waals surface area contributed by atoms with Gasteiger partial charge in [-0.15, -0.1) is 0 Å². The largest absolute Gasteiger partial charge is 0.368 e. The first kappa shape index (κ1) is 12.2. The molecule has 1 aliphatic heterocycles. The van der Waals surface area contributed by atoms with Gasteiger partial charge in [0, 0.05) is 12.3 Å². The number of nitrogens with two attached hydrogens (primary N) is 1. The van der Waals surface area contributed by atoms with Crippen molar-refractivity contribution in [2.24, 2.45) is 0 Å². The first-order chi connectivity index (χ1) is 8.00. The van der Waals surface area contributed by atoms with Crippen LogP contribution in [-0.2, 0) is 16.3 Å². The van der Waals surface area contributed by atoms with Crippen LogP contribution in [0.25, 0.3) is 0 Å². The summed E-state index contributed by atoms with van der Waals surface area (Å²) in [6.45, 7) is 2.03. The van der Waals surface area contributed by atoms with Gasteiger partial charge >= 0.3 is 0 Å². The highest BCUT2D eigenvalue weighted by Gasteiger charge is 2.31. The van der Waals surface area contributed by atoms with Gasteiger partial charge in [0.2, 0.25) is 5.95 Å². The van der Waals surface area contributed by atoms with Crippen LogP contribution in [0.15, 0.2) is 0 Å². The van der Waals surface area contributed by atoms with Gasteiger partial charge in [0.15, 0.2) is 9.84 Å². The maximum Gasteiger partial charge on any atom is 0.223 e. The number of aromatic nitrogens is 3. The van der Waals surface area contributed by atoms with Crippen LogP contribution in [0, 0.1) is 0 Å². The Morgan fingerprint density at radius 2 is 2.12 bits per heavy atom. The van der Waals surface area contributed by atoms with Crippen molar-refractivity contribution in [1.29, 1.82) is 0 Å². The Balaban J connectivity index is 2.27. The molecule has 6 nitrogen and oxygen atoms in total. The number of anilines is 1. The van der Waals surface area contributed by atoms with E-state index in [1.807, 2.05) is 6.92 Å². The molecule has 0 radical (unpaired) electrons. The first-order valence-electron chi connectivity index (χ1n) is 5.71. The quantitative estimate of drug-likeness (QED) is 0.835. The predicted octanol–water partition coefficient (Wildman–Crippen LogP) is 0.308. The summed E-state index contributed by atoms with van der Waals surface area (Å²) >= 11 is 0. The fourth-order valence-corrected chi connectivity index (χ4v) is 3.71. The fraction of sp³-hybridized carbons (Fsp3) is 0.700. The van der Waals surface area contributed by atoms with Crippen molar-refractivity contribution in [2.75, 3.05) is 17.2 Å². The Bertz CT molecular complexity index is 515. The van der Waals surface area contributed by atoms with Crippen LogP contribution in [0.4, 0.5) is 5.95 Å². The molecule has 1 fully saturated rings. The molecule has 17 heavy (non-hydrogen) atoms. The van der Waals surface area contributed by atoms with E-state index in [-0.39, 0.29) is 23.4 Å². The zero-order chi connectivity index (χ0) is 12.5. The number of nitrogen functional groups attached to an aromatic ring is 1. The normalized spacial score (nSPS) is 22.8. The van der Waals surface area contributed by atoms with Crippen LogP contribution in [0.3, 0.4) is 0 Å². The molecular formula is C10H16N4O2S. The molecule has 0 aliphatic carbocycles. The summed E-state index contributed by atoms with van der Waals surface area (Å²) in [7, 11) is -2.92. The van der Waals surface area contributed by atoms with Gasteiger partial charge in [0.1, 0.15) is 11.6 Å². The number of hydrogen-bond acceptors (Lipinski definition) is 6. The SMILES string of the molecule is CCCc1nc(N)nc(C2CCS(=O)(=O)C2)n1. The van der Waals surface area contributed by atoms with Crippen LogP contribution >= 0.6 is 0 Å². The second-order valence-electron chi connectivity index (χ2n) is 4.32. The zero-order valence-corrected chi connectivity index (χ0v) is 10.6. The Morgan fingerprint density at radius 3 is 2.71 bits per heavy atom. The lowest BCUT2D eigenvalue weighted by molar-refractivity contribution is 0.600. The van der Waals surface area contributed by atoms with Crippen LogP contribution < -0.4 is 5.73 Å². The average molecular weight is 256 g/mol. The Hall–Kier alpha value is -1.24. The van der Waals surface area contributed by atoms with Gasteiger partial charge < -0.3 is 5.73 Å². The van der Waals surface area contributed by atoms with Crippen molar-refractivity contribution < 1.29 is 8.42 Å². The molecule has 2 N–H and O–H groups in total. The van der Waals surface area contributed by atoms with Crippen molar-refractivity contribution in [1.82, 2.24) is 15.0 Å². The maximum atomic E-state index is 11.4. The summed E-state index contributed by atoms with van der Waals surface area (Å²) < 4.78 is 22.8. The van der Waals surface area contributed by atoms with Crippen molar-refractivity contribution in [3.8, 4) is 0 Å². The van der Waals surface area contributed by atoms with Crippen molar-refractivity contribution in [3.05, 3.63) is 11.6 Å². The number of nitrogens with zero attached hydrogens (tertiary/aromatic N) is 3. The topological polar surface area (TPSA) is 98.8 Å². The number of hydrogen-bond donors (Lipinski definition) is 1. The Labute approximate surface area is 101 Å². The molecule has 1 aliphatic rings. The van der Waals surface area contributed by atoms with Crippen molar-refractivity contribution in [2.45, 2.75) is 32.1 Å². The minimum atomic E-state index is -2.92. The van der Waals surface area contributed by atoms with Gasteiger partial charge in [0.05, 0.1) is 11.5 Å². The molecule has 1 unspecified atom stereocenters. The molecular weight excluding hydrogens is 240 g/mol. The molecule has 0 spiro atoms. The lowest BCUT2D eigenvalue weighted by Crippen LogP contribution is -2.12. The molecule has 1 aromatic heterocycles. The van der Waals surface area contributed by atoms with Gasteiger partial charge in [-0.3, -0.25) is 0 Å². The van der Waals surface area contributed by atoms with E-state index in [9.17, 15) is 8.42 Å². The van der Waals surface area contributed by atoms with Gasteiger partial charge in [-0.2, -0.15) is 9.97 Å². The average Bonchev–Trinajstić information content (AvgIpc) is 2.58. The molecule has 94 valence electrons. The van der Waals surface area contributed by atoms with Gasteiger partial charge in [-0.05, 0) is 12.8 Å². The lowest BCUT2D eigenvalue weighted by Gasteiger charge is -2.08. The third-order valence-corrected chi connectivity index (χ3v) is 4.56. The van der Waals surface area contributed by atoms with Crippen molar-refractivity contribution >= 4 is 15.8 Å². The highest BCUT2D eigenvalue weighted by atomic mass is 32.2. The molecule has 0 aromatic carbocycles. The van der Waals surface area contributed by atoms with Gasteiger partial charge in [-0.25, -0.2) is 13.4 Å². The molecule has 2 rings (SSSR count).